The lowest BCUT2D eigenvalue weighted by molar-refractivity contribution is 0.213. The van der Waals surface area contributed by atoms with Gasteiger partial charge in [0.15, 0.2) is 0 Å². The number of carbonyl (C=O) groups is 1. The summed E-state index contributed by atoms with van der Waals surface area (Å²) in [4.78, 5) is 13.0. The maximum Gasteiger partial charge on any atom is 0.318 e. The molecule has 2 rings (SSSR count). The summed E-state index contributed by atoms with van der Waals surface area (Å²) in [6.45, 7) is 0.120. The summed E-state index contributed by atoms with van der Waals surface area (Å²) >= 11 is 0. The van der Waals surface area contributed by atoms with Crippen LogP contribution >= 0.6 is 0 Å². The Morgan fingerprint density at radius 1 is 1.53 bits per heavy atom. The third-order valence-corrected chi connectivity index (χ3v) is 2.98. The molecule has 17 heavy (non-hydrogen) atoms. The van der Waals surface area contributed by atoms with Crippen LogP contribution < -0.4 is 5.32 Å². The molecule has 1 saturated carbocycles. The highest BCUT2D eigenvalue weighted by molar-refractivity contribution is 5.75. The summed E-state index contributed by atoms with van der Waals surface area (Å²) in [5.41, 5.74) is 1.26. The van der Waals surface area contributed by atoms with E-state index < -0.39 is 0 Å². The Balaban J connectivity index is 1.85. The van der Waals surface area contributed by atoms with Crippen molar-refractivity contribution in [3.63, 3.8) is 0 Å². The lowest BCUT2D eigenvalue weighted by Gasteiger charge is -2.14. The number of benzene rings is 1. The van der Waals surface area contributed by atoms with Crippen molar-refractivity contribution in [1.29, 1.82) is 5.26 Å². The van der Waals surface area contributed by atoms with E-state index in [1.54, 1.807) is 7.05 Å². The Labute approximate surface area is 101 Å². The standard InChI is InChI=1S/C13H15N3O/c1-16(8-7-14)13(17)15-12-9-11(12)10-5-3-2-4-6-10/h2-6,11-12H,8-9H2,1H3,(H,15,17). The second-order valence-corrected chi connectivity index (χ2v) is 4.32. The first kappa shape index (κ1) is 11.5. The largest absolute Gasteiger partial charge is 0.335 e. The zero-order chi connectivity index (χ0) is 12.3. The van der Waals surface area contributed by atoms with E-state index in [-0.39, 0.29) is 18.6 Å². The van der Waals surface area contributed by atoms with Crippen LogP contribution in [0.15, 0.2) is 30.3 Å². The molecule has 1 aliphatic carbocycles. The predicted molar refractivity (Wildman–Crippen MR) is 64.4 cm³/mol. The highest BCUT2D eigenvalue weighted by Crippen LogP contribution is 2.40. The molecule has 0 heterocycles. The van der Waals surface area contributed by atoms with Crippen molar-refractivity contribution in [2.75, 3.05) is 13.6 Å². The number of carbonyl (C=O) groups excluding carboxylic acids is 1. The van der Waals surface area contributed by atoms with Gasteiger partial charge in [0.05, 0.1) is 6.07 Å². The molecular formula is C13H15N3O. The molecule has 1 N–H and O–H groups in total. The minimum Gasteiger partial charge on any atom is -0.335 e. The molecule has 0 radical (unpaired) electrons. The lowest BCUT2D eigenvalue weighted by atomic mass is 10.1. The van der Waals surface area contributed by atoms with Crippen LogP contribution in [-0.2, 0) is 0 Å². The fourth-order valence-corrected chi connectivity index (χ4v) is 1.87. The number of nitrogens with zero attached hydrogens (tertiary/aromatic N) is 2. The fraction of sp³-hybridized carbons (Fsp3) is 0.385. The smallest absolute Gasteiger partial charge is 0.318 e. The van der Waals surface area contributed by atoms with Gasteiger partial charge in [-0.05, 0) is 12.0 Å². The van der Waals surface area contributed by atoms with Gasteiger partial charge in [-0.3, -0.25) is 0 Å². The van der Waals surface area contributed by atoms with Crippen molar-refractivity contribution in [3.8, 4) is 6.07 Å². The maximum absolute atomic E-state index is 11.6. The van der Waals surface area contributed by atoms with Crippen LogP contribution in [0.1, 0.15) is 17.9 Å². The summed E-state index contributed by atoms with van der Waals surface area (Å²) in [6.07, 6.45) is 0.982. The molecule has 1 aromatic rings. The lowest BCUT2D eigenvalue weighted by Crippen LogP contribution is -2.39. The van der Waals surface area contributed by atoms with Gasteiger partial charge in [0, 0.05) is 19.0 Å². The highest BCUT2D eigenvalue weighted by Gasteiger charge is 2.39. The zero-order valence-corrected chi connectivity index (χ0v) is 9.76. The topological polar surface area (TPSA) is 56.1 Å². The van der Waals surface area contributed by atoms with Gasteiger partial charge in [-0.1, -0.05) is 30.3 Å². The number of nitriles is 1. The van der Waals surface area contributed by atoms with E-state index in [4.69, 9.17) is 5.26 Å². The van der Waals surface area contributed by atoms with Gasteiger partial charge < -0.3 is 10.2 Å². The number of nitrogens with one attached hydrogen (secondary N) is 1. The molecule has 0 spiro atoms. The van der Waals surface area contributed by atoms with E-state index in [1.807, 2.05) is 24.3 Å². The molecule has 88 valence electrons. The summed E-state index contributed by atoms with van der Waals surface area (Å²) in [7, 11) is 1.62. The Kier molecular flexibility index (Phi) is 3.29. The van der Waals surface area contributed by atoms with Crippen LogP contribution in [0.25, 0.3) is 0 Å². The minimum absolute atomic E-state index is 0.120. The van der Waals surface area contributed by atoms with E-state index in [0.717, 1.165) is 6.42 Å². The molecule has 1 aromatic carbocycles. The van der Waals surface area contributed by atoms with Crippen LogP contribution in [0.4, 0.5) is 4.79 Å². The molecule has 0 bridgehead atoms. The molecule has 0 saturated heterocycles. The van der Waals surface area contributed by atoms with E-state index in [0.29, 0.717) is 5.92 Å². The van der Waals surface area contributed by atoms with Gasteiger partial charge in [0.2, 0.25) is 0 Å². The van der Waals surface area contributed by atoms with Crippen molar-refractivity contribution in [2.24, 2.45) is 0 Å². The third-order valence-electron chi connectivity index (χ3n) is 2.98. The number of hydrogen-bond acceptors (Lipinski definition) is 2. The first-order valence-corrected chi connectivity index (χ1v) is 5.66. The fourth-order valence-electron chi connectivity index (χ4n) is 1.87. The Morgan fingerprint density at radius 3 is 2.88 bits per heavy atom. The molecule has 1 fully saturated rings. The van der Waals surface area contributed by atoms with Crippen molar-refractivity contribution in [1.82, 2.24) is 10.2 Å². The zero-order valence-electron chi connectivity index (χ0n) is 9.76. The number of hydrogen-bond donors (Lipinski definition) is 1. The molecule has 2 unspecified atom stereocenters. The van der Waals surface area contributed by atoms with Gasteiger partial charge in [0.25, 0.3) is 0 Å². The molecule has 2 atom stereocenters. The Bertz CT molecular complexity index is 438. The van der Waals surface area contributed by atoms with Crippen molar-refractivity contribution in [3.05, 3.63) is 35.9 Å². The second kappa shape index (κ2) is 4.88. The monoisotopic (exact) mass is 229 g/mol. The summed E-state index contributed by atoms with van der Waals surface area (Å²) in [5.74, 6) is 0.427. The third kappa shape index (κ3) is 2.76. The number of urea groups is 1. The molecule has 0 aliphatic heterocycles. The van der Waals surface area contributed by atoms with E-state index in [1.165, 1.54) is 10.5 Å². The number of rotatable bonds is 3. The SMILES string of the molecule is CN(CC#N)C(=O)NC1CC1c1ccccc1. The summed E-state index contributed by atoms with van der Waals surface area (Å²) < 4.78 is 0. The maximum atomic E-state index is 11.6. The van der Waals surface area contributed by atoms with E-state index >= 15 is 0 Å². The quantitative estimate of drug-likeness (QED) is 0.802. The van der Waals surface area contributed by atoms with Gasteiger partial charge in [0.1, 0.15) is 6.54 Å². The van der Waals surface area contributed by atoms with Gasteiger partial charge in [-0.15, -0.1) is 0 Å². The first-order chi connectivity index (χ1) is 8.22. The first-order valence-electron chi connectivity index (χ1n) is 5.66. The van der Waals surface area contributed by atoms with E-state index in [2.05, 4.69) is 17.4 Å². The molecule has 2 amide bonds. The second-order valence-electron chi connectivity index (χ2n) is 4.32. The molecular weight excluding hydrogens is 214 g/mol. The number of amides is 2. The molecule has 4 nitrogen and oxygen atoms in total. The van der Waals surface area contributed by atoms with Crippen LogP contribution in [0.5, 0.6) is 0 Å². The van der Waals surface area contributed by atoms with Crippen LogP contribution in [0.2, 0.25) is 0 Å². The highest BCUT2D eigenvalue weighted by atomic mass is 16.2. The Morgan fingerprint density at radius 2 is 2.24 bits per heavy atom. The van der Waals surface area contributed by atoms with Crippen LogP contribution in [-0.4, -0.2) is 30.6 Å². The normalized spacial score (nSPS) is 21.4. The predicted octanol–water partition coefficient (Wildman–Crippen LogP) is 1.71. The summed E-state index contributed by atoms with van der Waals surface area (Å²) in [6, 6.07) is 12.2. The summed E-state index contributed by atoms with van der Waals surface area (Å²) in [5, 5.41) is 11.4. The van der Waals surface area contributed by atoms with Crippen molar-refractivity contribution in [2.45, 2.75) is 18.4 Å². The molecule has 0 aromatic heterocycles. The average molecular weight is 229 g/mol. The van der Waals surface area contributed by atoms with Gasteiger partial charge in [-0.2, -0.15) is 5.26 Å². The van der Waals surface area contributed by atoms with Gasteiger partial charge >= 0.3 is 6.03 Å². The van der Waals surface area contributed by atoms with Crippen molar-refractivity contribution < 1.29 is 4.79 Å². The van der Waals surface area contributed by atoms with Gasteiger partial charge in [-0.25, -0.2) is 4.79 Å². The van der Waals surface area contributed by atoms with Crippen molar-refractivity contribution >= 4 is 6.03 Å². The minimum atomic E-state index is -0.171. The Hall–Kier alpha value is -2.02. The average Bonchev–Trinajstić information content (AvgIpc) is 3.10. The molecule has 4 heteroatoms. The van der Waals surface area contributed by atoms with Crippen LogP contribution in [0, 0.1) is 11.3 Å². The molecule has 1 aliphatic rings. The van der Waals surface area contributed by atoms with E-state index in [9.17, 15) is 4.79 Å². The van der Waals surface area contributed by atoms with Crippen LogP contribution in [0.3, 0.4) is 0 Å².